The van der Waals surface area contributed by atoms with Crippen LogP contribution in [0.5, 0.6) is 11.5 Å². The number of ether oxygens (including phenoxy) is 2. The van der Waals surface area contributed by atoms with Gasteiger partial charge in [-0.05, 0) is 40.6 Å². The number of aromatic amines is 1. The van der Waals surface area contributed by atoms with E-state index >= 15 is 0 Å². The molecule has 0 aliphatic rings. The van der Waals surface area contributed by atoms with E-state index in [1.165, 1.54) is 0 Å². The zero-order chi connectivity index (χ0) is 25.1. The second-order valence-corrected chi connectivity index (χ2v) is 8.53. The van der Waals surface area contributed by atoms with Gasteiger partial charge in [0, 0.05) is 17.5 Å². The Morgan fingerprint density at radius 3 is 2.22 bits per heavy atom. The van der Waals surface area contributed by atoms with Gasteiger partial charge in [0.1, 0.15) is 17.3 Å². The van der Waals surface area contributed by atoms with E-state index in [0.29, 0.717) is 11.6 Å². The van der Waals surface area contributed by atoms with Crippen LogP contribution < -0.4 is 9.47 Å². The molecule has 1 atom stereocenters. The average Bonchev–Trinajstić information content (AvgIpc) is 3.35. The number of nitrogens with zero attached hydrogens (tertiary/aromatic N) is 1. The maximum atomic E-state index is 12.5. The van der Waals surface area contributed by atoms with Gasteiger partial charge < -0.3 is 19.6 Å². The first-order chi connectivity index (χ1) is 17.6. The number of imidazole rings is 1. The lowest BCUT2D eigenvalue weighted by Gasteiger charge is -2.14. The van der Waals surface area contributed by atoms with Gasteiger partial charge in [0.05, 0.1) is 31.5 Å². The Hall–Kier alpha value is -4.58. The molecule has 6 heteroatoms. The van der Waals surface area contributed by atoms with Crippen molar-refractivity contribution in [3.63, 3.8) is 0 Å². The molecule has 5 aromatic rings. The number of methoxy groups -OCH3 is 2. The van der Waals surface area contributed by atoms with Crippen molar-refractivity contribution in [2.45, 2.75) is 12.3 Å². The minimum atomic E-state index is -0.895. The number of aliphatic carboxylic acids is 1. The third-order valence-corrected chi connectivity index (χ3v) is 6.35. The van der Waals surface area contributed by atoms with Crippen molar-refractivity contribution in [2.24, 2.45) is 0 Å². The highest BCUT2D eigenvalue weighted by atomic mass is 16.5. The Morgan fingerprint density at radius 1 is 0.861 bits per heavy atom. The highest BCUT2D eigenvalue weighted by molar-refractivity contribution is 5.91. The minimum Gasteiger partial charge on any atom is -0.497 e. The van der Waals surface area contributed by atoms with Crippen molar-refractivity contribution in [3.05, 3.63) is 102 Å². The SMILES string of the molecule is COc1cccc(-c2nc(CC(C(=O)O)c3cccc4ccccc34)[nH]c2-c2cccc(OC)c2)c1. The van der Waals surface area contributed by atoms with Crippen LogP contribution in [0, 0.1) is 0 Å². The van der Waals surface area contributed by atoms with Crippen molar-refractivity contribution in [1.82, 2.24) is 9.97 Å². The van der Waals surface area contributed by atoms with Crippen LogP contribution in [0.15, 0.2) is 91.0 Å². The maximum Gasteiger partial charge on any atom is 0.311 e. The quantitative estimate of drug-likeness (QED) is 0.272. The molecule has 180 valence electrons. The number of H-pyrrole nitrogens is 1. The Labute approximate surface area is 209 Å². The summed E-state index contributed by atoms with van der Waals surface area (Å²) in [6.07, 6.45) is 0.213. The first kappa shape index (κ1) is 23.2. The number of carboxylic acid groups (broad SMARTS) is 1. The van der Waals surface area contributed by atoms with Gasteiger partial charge in [-0.15, -0.1) is 0 Å². The number of hydrogen-bond acceptors (Lipinski definition) is 4. The van der Waals surface area contributed by atoms with Gasteiger partial charge in [0.25, 0.3) is 0 Å². The Bertz CT molecular complexity index is 1470. The topological polar surface area (TPSA) is 84.4 Å². The molecule has 0 radical (unpaired) electrons. The summed E-state index contributed by atoms with van der Waals surface area (Å²) in [5.41, 5.74) is 4.04. The number of carboxylic acids is 1. The Balaban J connectivity index is 1.62. The van der Waals surface area contributed by atoms with E-state index in [4.69, 9.17) is 14.5 Å². The van der Waals surface area contributed by atoms with Crippen LogP contribution in [0.25, 0.3) is 33.3 Å². The van der Waals surface area contributed by atoms with Crippen LogP contribution in [-0.2, 0) is 11.2 Å². The third kappa shape index (κ3) is 4.53. The lowest BCUT2D eigenvalue weighted by molar-refractivity contribution is -0.138. The third-order valence-electron chi connectivity index (χ3n) is 6.35. The summed E-state index contributed by atoms with van der Waals surface area (Å²) in [5, 5.41) is 12.2. The van der Waals surface area contributed by atoms with Crippen molar-refractivity contribution in [1.29, 1.82) is 0 Å². The molecule has 0 saturated carbocycles. The molecule has 0 bridgehead atoms. The molecule has 6 nitrogen and oxygen atoms in total. The normalized spacial score (nSPS) is 11.8. The molecule has 0 spiro atoms. The molecule has 0 amide bonds. The number of rotatable bonds is 8. The van der Waals surface area contributed by atoms with E-state index in [1.54, 1.807) is 14.2 Å². The summed E-state index contributed by atoms with van der Waals surface area (Å²) in [4.78, 5) is 20.8. The molecular formula is C30H26N2O4. The van der Waals surface area contributed by atoms with Gasteiger partial charge in [-0.2, -0.15) is 0 Å². The lowest BCUT2D eigenvalue weighted by atomic mass is 9.91. The summed E-state index contributed by atoms with van der Waals surface area (Å²) in [6.45, 7) is 0. The fourth-order valence-corrected chi connectivity index (χ4v) is 4.56. The first-order valence-corrected chi connectivity index (χ1v) is 11.7. The molecule has 1 heterocycles. The molecule has 4 aromatic carbocycles. The second kappa shape index (κ2) is 9.96. The summed E-state index contributed by atoms with van der Waals surface area (Å²) in [7, 11) is 3.25. The van der Waals surface area contributed by atoms with Crippen LogP contribution in [-0.4, -0.2) is 35.3 Å². The van der Waals surface area contributed by atoms with Gasteiger partial charge in [-0.25, -0.2) is 4.98 Å². The molecule has 0 aliphatic carbocycles. The van der Waals surface area contributed by atoms with E-state index in [1.807, 2.05) is 91.0 Å². The summed E-state index contributed by atoms with van der Waals surface area (Å²) >= 11 is 0. The van der Waals surface area contributed by atoms with Crippen LogP contribution >= 0.6 is 0 Å². The summed E-state index contributed by atoms with van der Waals surface area (Å²) in [6, 6.07) is 29.0. The summed E-state index contributed by atoms with van der Waals surface area (Å²) < 4.78 is 10.9. The Morgan fingerprint density at radius 2 is 1.50 bits per heavy atom. The first-order valence-electron chi connectivity index (χ1n) is 11.7. The van der Waals surface area contributed by atoms with Gasteiger partial charge in [0.15, 0.2) is 0 Å². The average molecular weight is 479 g/mol. The predicted octanol–water partition coefficient (Wildman–Crippen LogP) is 6.33. The van der Waals surface area contributed by atoms with Crippen molar-refractivity contribution < 1.29 is 19.4 Å². The molecule has 0 saturated heterocycles. The Kier molecular flexibility index (Phi) is 6.41. The number of carbonyl (C=O) groups is 1. The fraction of sp³-hybridized carbons (Fsp3) is 0.133. The molecule has 0 fully saturated rings. The second-order valence-electron chi connectivity index (χ2n) is 8.53. The van der Waals surface area contributed by atoms with Crippen LogP contribution in [0.1, 0.15) is 17.3 Å². The van der Waals surface area contributed by atoms with E-state index < -0.39 is 11.9 Å². The molecule has 36 heavy (non-hydrogen) atoms. The number of benzene rings is 4. The highest BCUT2D eigenvalue weighted by Crippen LogP contribution is 2.35. The van der Waals surface area contributed by atoms with Gasteiger partial charge in [-0.3, -0.25) is 4.79 Å². The van der Waals surface area contributed by atoms with Crippen molar-refractivity contribution in [2.75, 3.05) is 14.2 Å². The minimum absolute atomic E-state index is 0.213. The fourth-order valence-electron chi connectivity index (χ4n) is 4.56. The van der Waals surface area contributed by atoms with Crippen LogP contribution in [0.4, 0.5) is 0 Å². The van der Waals surface area contributed by atoms with Crippen molar-refractivity contribution >= 4 is 16.7 Å². The zero-order valence-electron chi connectivity index (χ0n) is 20.1. The molecule has 0 aliphatic heterocycles. The van der Waals surface area contributed by atoms with E-state index in [-0.39, 0.29) is 6.42 Å². The van der Waals surface area contributed by atoms with Crippen molar-refractivity contribution in [3.8, 4) is 34.0 Å². The van der Waals surface area contributed by atoms with Crippen LogP contribution in [0.2, 0.25) is 0 Å². The number of aromatic nitrogens is 2. The predicted molar refractivity (Wildman–Crippen MR) is 141 cm³/mol. The number of nitrogens with one attached hydrogen (secondary N) is 1. The van der Waals surface area contributed by atoms with E-state index in [0.717, 1.165) is 44.6 Å². The largest absolute Gasteiger partial charge is 0.497 e. The molecule has 1 aromatic heterocycles. The van der Waals surface area contributed by atoms with Gasteiger partial charge in [0.2, 0.25) is 0 Å². The monoisotopic (exact) mass is 478 g/mol. The molecule has 1 unspecified atom stereocenters. The molecule has 5 rings (SSSR count). The standard InChI is InChI=1S/C30H26N2O4/c1-35-22-12-5-10-20(16-22)28-29(21-11-6-13-23(17-21)36-2)32-27(31-28)18-26(30(33)34)25-15-7-9-19-8-3-4-14-24(19)25/h3-17,26H,18H2,1-2H3,(H,31,32)(H,33,34). The smallest absolute Gasteiger partial charge is 0.311 e. The molecule has 2 N–H and O–H groups in total. The van der Waals surface area contributed by atoms with Gasteiger partial charge >= 0.3 is 5.97 Å². The van der Waals surface area contributed by atoms with Crippen LogP contribution in [0.3, 0.4) is 0 Å². The van der Waals surface area contributed by atoms with E-state index in [9.17, 15) is 9.90 Å². The highest BCUT2D eigenvalue weighted by Gasteiger charge is 2.25. The lowest BCUT2D eigenvalue weighted by Crippen LogP contribution is -2.15. The van der Waals surface area contributed by atoms with E-state index in [2.05, 4.69) is 4.98 Å². The summed E-state index contributed by atoms with van der Waals surface area (Å²) in [5.74, 6) is 0.366. The number of hydrogen-bond donors (Lipinski definition) is 2. The zero-order valence-corrected chi connectivity index (χ0v) is 20.1. The van der Waals surface area contributed by atoms with Gasteiger partial charge in [-0.1, -0.05) is 66.7 Å². The number of fused-ring (bicyclic) bond motifs is 1. The molecular weight excluding hydrogens is 452 g/mol. The maximum absolute atomic E-state index is 12.5.